The minimum atomic E-state index is -0.515. The molecule has 29 heavy (non-hydrogen) atoms. The van der Waals surface area contributed by atoms with Crippen LogP contribution >= 0.6 is 0 Å². The van der Waals surface area contributed by atoms with Crippen molar-refractivity contribution in [2.45, 2.75) is 31.8 Å². The number of nitrogens with one attached hydrogen (secondary N) is 1. The lowest BCUT2D eigenvalue weighted by Gasteiger charge is -2.33. The lowest BCUT2D eigenvalue weighted by atomic mass is 10.0. The molecule has 3 heterocycles. The van der Waals surface area contributed by atoms with Crippen molar-refractivity contribution < 1.29 is 0 Å². The quantitative estimate of drug-likeness (QED) is 0.679. The van der Waals surface area contributed by atoms with Crippen LogP contribution in [0.25, 0.3) is 11.2 Å². The molecule has 1 fully saturated rings. The van der Waals surface area contributed by atoms with E-state index in [1.807, 2.05) is 29.7 Å². The highest BCUT2D eigenvalue weighted by Crippen LogP contribution is 2.31. The molecular formula is C20H23N7O2. The van der Waals surface area contributed by atoms with Gasteiger partial charge in [0, 0.05) is 26.2 Å². The fourth-order valence-electron chi connectivity index (χ4n) is 4.07. The zero-order chi connectivity index (χ0) is 20.7. The number of H-pyrrole nitrogens is 1. The van der Waals surface area contributed by atoms with Gasteiger partial charge < -0.3 is 10.6 Å². The summed E-state index contributed by atoms with van der Waals surface area (Å²) < 4.78 is 3.16. The standard InChI is InChI=1S/C20H23N7O2/c1-12(15-8-4-3-6-13(15)10-21)27-16-17(25(2)20(29)24-18(16)28)23-19(27)26-9-5-7-14(22)11-26/h3-4,6,8,12,14H,5,7,9,11,22H2,1-2H3,(H,24,28,29)/t12-,14?/m1/s1. The van der Waals surface area contributed by atoms with Gasteiger partial charge in [0.1, 0.15) is 0 Å². The molecule has 0 aliphatic carbocycles. The predicted octanol–water partition coefficient (Wildman–Crippen LogP) is 0.832. The van der Waals surface area contributed by atoms with Crippen molar-refractivity contribution in [2.24, 2.45) is 12.8 Å². The van der Waals surface area contributed by atoms with E-state index in [-0.39, 0.29) is 12.1 Å². The number of piperidine rings is 1. The van der Waals surface area contributed by atoms with Crippen LogP contribution < -0.4 is 21.9 Å². The number of nitriles is 1. The van der Waals surface area contributed by atoms with Crippen molar-refractivity contribution in [3.05, 3.63) is 56.2 Å². The van der Waals surface area contributed by atoms with Gasteiger partial charge in [0.25, 0.3) is 5.56 Å². The highest BCUT2D eigenvalue weighted by Gasteiger charge is 2.28. The molecule has 0 spiro atoms. The Balaban J connectivity index is 2.01. The van der Waals surface area contributed by atoms with E-state index in [1.54, 1.807) is 13.1 Å². The molecule has 0 amide bonds. The molecule has 3 aromatic rings. The van der Waals surface area contributed by atoms with Crippen LogP contribution in [-0.4, -0.2) is 38.2 Å². The number of nitrogens with zero attached hydrogens (tertiary/aromatic N) is 5. The van der Waals surface area contributed by atoms with Gasteiger partial charge in [-0.3, -0.25) is 18.9 Å². The van der Waals surface area contributed by atoms with Crippen LogP contribution in [0.15, 0.2) is 33.9 Å². The third kappa shape index (κ3) is 3.11. The summed E-state index contributed by atoms with van der Waals surface area (Å²) in [6.45, 7) is 3.30. The van der Waals surface area contributed by atoms with Gasteiger partial charge in [-0.25, -0.2) is 4.79 Å². The first kappa shape index (κ1) is 19.0. The number of nitrogens with two attached hydrogens (primary N) is 1. The van der Waals surface area contributed by atoms with Gasteiger partial charge in [0.2, 0.25) is 5.95 Å². The van der Waals surface area contributed by atoms with E-state index in [0.29, 0.717) is 29.2 Å². The molecule has 1 aromatic carbocycles. The van der Waals surface area contributed by atoms with E-state index in [4.69, 9.17) is 5.73 Å². The zero-order valence-electron chi connectivity index (χ0n) is 16.4. The first-order valence-corrected chi connectivity index (χ1v) is 9.63. The van der Waals surface area contributed by atoms with E-state index in [1.165, 1.54) is 4.57 Å². The molecule has 4 rings (SSSR count). The Morgan fingerprint density at radius 2 is 2.10 bits per heavy atom. The summed E-state index contributed by atoms with van der Waals surface area (Å²) in [6.07, 6.45) is 1.85. The molecule has 9 heteroatoms. The maximum Gasteiger partial charge on any atom is 0.329 e. The number of imidazole rings is 1. The Morgan fingerprint density at radius 3 is 2.83 bits per heavy atom. The van der Waals surface area contributed by atoms with E-state index in [2.05, 4.69) is 20.9 Å². The average molecular weight is 393 g/mol. The molecule has 3 N–H and O–H groups in total. The Hall–Kier alpha value is -3.38. The van der Waals surface area contributed by atoms with Crippen LogP contribution in [0, 0.1) is 11.3 Å². The third-order valence-corrected chi connectivity index (χ3v) is 5.59. The molecule has 0 radical (unpaired) electrons. The Bertz CT molecular complexity index is 1230. The maximum absolute atomic E-state index is 12.8. The van der Waals surface area contributed by atoms with Gasteiger partial charge in [-0.15, -0.1) is 0 Å². The number of aryl methyl sites for hydroxylation is 1. The predicted molar refractivity (Wildman–Crippen MR) is 110 cm³/mol. The Labute approximate surface area is 167 Å². The van der Waals surface area contributed by atoms with Crippen molar-refractivity contribution in [1.82, 2.24) is 19.1 Å². The normalized spacial score (nSPS) is 18.0. The average Bonchev–Trinajstić information content (AvgIpc) is 3.13. The number of aromatic nitrogens is 4. The maximum atomic E-state index is 12.8. The highest BCUT2D eigenvalue weighted by atomic mass is 16.2. The second-order valence-electron chi connectivity index (χ2n) is 7.50. The van der Waals surface area contributed by atoms with Gasteiger partial charge in [-0.1, -0.05) is 18.2 Å². The van der Waals surface area contributed by atoms with E-state index in [9.17, 15) is 14.9 Å². The molecular weight excluding hydrogens is 370 g/mol. The van der Waals surface area contributed by atoms with Crippen molar-refractivity contribution in [3.63, 3.8) is 0 Å². The topological polar surface area (TPSA) is 126 Å². The number of aromatic amines is 1. The summed E-state index contributed by atoms with van der Waals surface area (Å²) in [4.78, 5) is 34.0. The number of benzene rings is 1. The van der Waals surface area contributed by atoms with Gasteiger partial charge in [0.05, 0.1) is 17.7 Å². The second-order valence-corrected chi connectivity index (χ2v) is 7.50. The van der Waals surface area contributed by atoms with Crippen LogP contribution in [0.4, 0.5) is 5.95 Å². The van der Waals surface area contributed by atoms with Gasteiger partial charge >= 0.3 is 5.69 Å². The molecule has 9 nitrogen and oxygen atoms in total. The Morgan fingerprint density at radius 1 is 1.34 bits per heavy atom. The molecule has 2 aromatic heterocycles. The summed E-state index contributed by atoms with van der Waals surface area (Å²) in [7, 11) is 1.58. The third-order valence-electron chi connectivity index (χ3n) is 5.59. The van der Waals surface area contributed by atoms with Crippen LogP contribution in [-0.2, 0) is 7.05 Å². The first-order chi connectivity index (χ1) is 13.9. The number of fused-ring (bicyclic) bond motifs is 1. The van der Waals surface area contributed by atoms with Crippen molar-refractivity contribution in [3.8, 4) is 6.07 Å². The smallest absolute Gasteiger partial charge is 0.329 e. The molecule has 150 valence electrons. The number of rotatable bonds is 3. The van der Waals surface area contributed by atoms with Crippen molar-refractivity contribution in [2.75, 3.05) is 18.0 Å². The molecule has 1 aliphatic heterocycles. The summed E-state index contributed by atoms with van der Waals surface area (Å²) in [6, 6.07) is 9.18. The zero-order valence-corrected chi connectivity index (χ0v) is 16.4. The van der Waals surface area contributed by atoms with Gasteiger partial charge in [-0.05, 0) is 31.4 Å². The van der Waals surface area contributed by atoms with Crippen LogP contribution in [0.3, 0.4) is 0 Å². The summed E-state index contributed by atoms with van der Waals surface area (Å²) in [5.41, 5.74) is 7.10. The van der Waals surface area contributed by atoms with Crippen molar-refractivity contribution >= 4 is 17.1 Å². The Kier molecular flexibility index (Phi) is 4.72. The largest absolute Gasteiger partial charge is 0.341 e. The lowest BCUT2D eigenvalue weighted by molar-refractivity contribution is 0.490. The summed E-state index contributed by atoms with van der Waals surface area (Å²) >= 11 is 0. The molecule has 0 bridgehead atoms. The monoisotopic (exact) mass is 393 g/mol. The number of anilines is 1. The second kappa shape index (κ2) is 7.22. The SMILES string of the molecule is C[C@H](c1ccccc1C#N)n1c(N2CCCC(N)C2)nc2c1c(=O)[nH]c(=O)n2C. The summed E-state index contributed by atoms with van der Waals surface area (Å²) in [5.74, 6) is 0.585. The highest BCUT2D eigenvalue weighted by molar-refractivity contribution is 5.75. The lowest BCUT2D eigenvalue weighted by Crippen LogP contribution is -2.44. The molecule has 2 atom stereocenters. The van der Waals surface area contributed by atoms with Gasteiger partial charge in [-0.2, -0.15) is 10.2 Å². The van der Waals surface area contributed by atoms with E-state index < -0.39 is 11.2 Å². The number of hydrogen-bond donors (Lipinski definition) is 2. The first-order valence-electron chi connectivity index (χ1n) is 9.63. The fourth-order valence-corrected chi connectivity index (χ4v) is 4.07. The number of hydrogen-bond acceptors (Lipinski definition) is 6. The molecule has 1 saturated heterocycles. The van der Waals surface area contributed by atoms with E-state index in [0.717, 1.165) is 24.9 Å². The fraction of sp³-hybridized carbons (Fsp3) is 0.400. The molecule has 1 aliphatic rings. The van der Waals surface area contributed by atoms with Gasteiger partial charge in [0.15, 0.2) is 11.2 Å². The molecule has 0 saturated carbocycles. The minimum absolute atomic E-state index is 0.0146. The van der Waals surface area contributed by atoms with Crippen LogP contribution in [0.5, 0.6) is 0 Å². The minimum Gasteiger partial charge on any atom is -0.341 e. The van der Waals surface area contributed by atoms with Crippen LogP contribution in [0.2, 0.25) is 0 Å². The summed E-state index contributed by atoms with van der Waals surface area (Å²) in [5, 5.41) is 9.55. The van der Waals surface area contributed by atoms with Crippen LogP contribution in [0.1, 0.15) is 36.9 Å². The molecule has 1 unspecified atom stereocenters. The van der Waals surface area contributed by atoms with E-state index >= 15 is 0 Å². The van der Waals surface area contributed by atoms with Crippen molar-refractivity contribution in [1.29, 1.82) is 5.26 Å².